The minimum Gasteiger partial charge on any atom is -0.197 e. The molecule has 18 heavy (non-hydrogen) atoms. The van der Waals surface area contributed by atoms with Gasteiger partial charge in [0.1, 0.15) is 5.41 Å². The molecule has 0 aromatic heterocycles. The van der Waals surface area contributed by atoms with Crippen LogP contribution in [0.1, 0.15) is 52.9 Å². The molecule has 1 fully saturated rings. The first kappa shape index (κ1) is 14.8. The Morgan fingerprint density at radius 2 is 1.50 bits per heavy atom. The van der Waals surface area contributed by atoms with Gasteiger partial charge in [-0.2, -0.15) is 10.5 Å². The summed E-state index contributed by atoms with van der Waals surface area (Å²) in [5.41, 5.74) is -0.504. The van der Waals surface area contributed by atoms with Crippen LogP contribution in [0.15, 0.2) is 12.7 Å². The molecular weight excluding hydrogens is 220 g/mol. The average Bonchev–Trinajstić information content (AvgIpc) is 2.35. The van der Waals surface area contributed by atoms with E-state index in [4.69, 9.17) is 0 Å². The summed E-state index contributed by atoms with van der Waals surface area (Å²) in [7, 11) is 0. The van der Waals surface area contributed by atoms with E-state index >= 15 is 0 Å². The molecule has 0 aromatic rings. The van der Waals surface area contributed by atoms with E-state index < -0.39 is 5.41 Å². The maximum Gasteiger partial charge on any atom is 0.150 e. The monoisotopic (exact) mass is 244 g/mol. The molecule has 2 heteroatoms. The van der Waals surface area contributed by atoms with Crippen molar-refractivity contribution in [3.63, 3.8) is 0 Å². The molecule has 0 unspecified atom stereocenters. The quantitative estimate of drug-likeness (QED) is 0.689. The molecule has 0 N–H and O–H groups in total. The molecule has 0 amide bonds. The number of nitrogens with zero attached hydrogens (tertiary/aromatic N) is 2. The lowest BCUT2D eigenvalue weighted by atomic mass is 9.63. The van der Waals surface area contributed by atoms with Crippen molar-refractivity contribution in [2.24, 2.45) is 22.7 Å². The van der Waals surface area contributed by atoms with Gasteiger partial charge in [-0.15, -0.1) is 6.58 Å². The Bertz CT molecular complexity index is 353. The fourth-order valence-electron chi connectivity index (χ4n) is 3.15. The number of hydrogen-bond donors (Lipinski definition) is 0. The molecule has 0 aliphatic heterocycles. The zero-order valence-corrected chi connectivity index (χ0v) is 11.9. The van der Waals surface area contributed by atoms with Gasteiger partial charge < -0.3 is 0 Å². The maximum atomic E-state index is 9.37. The number of hydrogen-bond acceptors (Lipinski definition) is 2. The molecule has 0 spiro atoms. The van der Waals surface area contributed by atoms with Crippen molar-refractivity contribution in [3.05, 3.63) is 12.7 Å². The van der Waals surface area contributed by atoms with Gasteiger partial charge in [0.2, 0.25) is 0 Å². The van der Waals surface area contributed by atoms with Gasteiger partial charge in [-0.05, 0) is 49.4 Å². The van der Waals surface area contributed by atoms with Gasteiger partial charge in [0, 0.05) is 0 Å². The largest absolute Gasteiger partial charge is 0.197 e. The second kappa shape index (κ2) is 5.57. The maximum absolute atomic E-state index is 9.37. The van der Waals surface area contributed by atoms with Crippen molar-refractivity contribution in [1.29, 1.82) is 10.5 Å². The van der Waals surface area contributed by atoms with Crippen molar-refractivity contribution < 1.29 is 0 Å². The topological polar surface area (TPSA) is 47.6 Å². The zero-order chi connectivity index (χ0) is 13.8. The Hall–Kier alpha value is -1.28. The predicted molar refractivity (Wildman–Crippen MR) is 73.4 cm³/mol. The smallest absolute Gasteiger partial charge is 0.150 e. The highest BCUT2D eigenvalue weighted by Gasteiger charge is 2.42. The van der Waals surface area contributed by atoms with Crippen LogP contribution in [0.25, 0.3) is 0 Å². The fourth-order valence-corrected chi connectivity index (χ4v) is 3.15. The number of allylic oxidation sites excluding steroid dienone is 1. The lowest BCUT2D eigenvalue weighted by Gasteiger charge is -2.40. The predicted octanol–water partition coefficient (Wildman–Crippen LogP) is 4.45. The van der Waals surface area contributed by atoms with Crippen molar-refractivity contribution in [2.45, 2.75) is 52.9 Å². The van der Waals surface area contributed by atoms with Gasteiger partial charge >= 0.3 is 0 Å². The summed E-state index contributed by atoms with van der Waals surface area (Å²) in [5.74, 6) is 0.927. The van der Waals surface area contributed by atoms with E-state index in [-0.39, 0.29) is 5.92 Å². The summed E-state index contributed by atoms with van der Waals surface area (Å²) in [6, 6.07) is 4.51. The van der Waals surface area contributed by atoms with Crippen LogP contribution in [-0.2, 0) is 0 Å². The molecule has 0 atom stereocenters. The lowest BCUT2D eigenvalue weighted by molar-refractivity contribution is 0.119. The molecule has 98 valence electrons. The Morgan fingerprint density at radius 1 is 1.06 bits per heavy atom. The highest BCUT2D eigenvalue weighted by atomic mass is 14.5. The number of rotatable bonds is 3. The van der Waals surface area contributed by atoms with E-state index in [2.05, 4.69) is 39.5 Å². The molecule has 0 bridgehead atoms. The van der Waals surface area contributed by atoms with E-state index in [1.165, 1.54) is 0 Å². The summed E-state index contributed by atoms with van der Waals surface area (Å²) in [6.45, 7) is 10.5. The van der Waals surface area contributed by atoms with Crippen LogP contribution in [0.3, 0.4) is 0 Å². The fraction of sp³-hybridized carbons (Fsp3) is 0.750. The standard InChI is InChI=1S/C16H24N2/c1-5-10-16(11-17,12-18)14-8-6-13(7-9-14)15(2,3)4/h5,13-14H,1,6-10H2,2-4H3. The third kappa shape index (κ3) is 2.94. The van der Waals surface area contributed by atoms with Crippen molar-refractivity contribution in [2.75, 3.05) is 0 Å². The SMILES string of the molecule is C=CCC(C#N)(C#N)C1CCC(C(C)(C)C)CC1. The highest BCUT2D eigenvalue weighted by Crippen LogP contribution is 2.46. The van der Waals surface area contributed by atoms with E-state index in [1.807, 2.05) is 0 Å². The van der Waals surface area contributed by atoms with Crippen molar-refractivity contribution in [3.8, 4) is 12.1 Å². The van der Waals surface area contributed by atoms with Crippen LogP contribution >= 0.6 is 0 Å². The first-order chi connectivity index (χ1) is 8.39. The van der Waals surface area contributed by atoms with Crippen LogP contribution in [-0.4, -0.2) is 0 Å². The zero-order valence-electron chi connectivity index (χ0n) is 11.9. The minimum atomic E-state index is -0.843. The van der Waals surface area contributed by atoms with Crippen molar-refractivity contribution in [1.82, 2.24) is 0 Å². The Balaban J connectivity index is 2.75. The van der Waals surface area contributed by atoms with Crippen LogP contribution in [0, 0.1) is 45.3 Å². The van der Waals surface area contributed by atoms with Gasteiger partial charge in [0.25, 0.3) is 0 Å². The van der Waals surface area contributed by atoms with Crippen LogP contribution < -0.4 is 0 Å². The molecule has 0 radical (unpaired) electrons. The molecule has 1 saturated carbocycles. The second-order valence-electron chi connectivity index (χ2n) is 6.60. The Labute approximate surface area is 111 Å². The third-order valence-electron chi connectivity index (χ3n) is 4.51. The Kier molecular flexibility index (Phi) is 4.58. The molecule has 1 aliphatic rings. The van der Waals surface area contributed by atoms with E-state index in [1.54, 1.807) is 6.08 Å². The molecule has 1 rings (SSSR count). The van der Waals surface area contributed by atoms with Gasteiger partial charge in [0.15, 0.2) is 0 Å². The summed E-state index contributed by atoms with van der Waals surface area (Å²) < 4.78 is 0. The highest BCUT2D eigenvalue weighted by molar-refractivity contribution is 5.19. The minimum absolute atomic E-state index is 0.212. The summed E-state index contributed by atoms with van der Waals surface area (Å²) in [4.78, 5) is 0. The van der Waals surface area contributed by atoms with Crippen molar-refractivity contribution >= 4 is 0 Å². The molecule has 0 heterocycles. The van der Waals surface area contributed by atoms with Gasteiger partial charge in [0.05, 0.1) is 12.1 Å². The number of nitriles is 2. The molecular formula is C16H24N2. The van der Waals surface area contributed by atoms with E-state index in [9.17, 15) is 10.5 Å². The van der Waals surface area contributed by atoms with Gasteiger partial charge in [-0.1, -0.05) is 26.8 Å². The normalized spacial score (nSPS) is 24.9. The van der Waals surface area contributed by atoms with Crippen LogP contribution in [0.2, 0.25) is 0 Å². The lowest BCUT2D eigenvalue weighted by Crippen LogP contribution is -2.34. The summed E-state index contributed by atoms with van der Waals surface area (Å²) in [5, 5.41) is 18.7. The average molecular weight is 244 g/mol. The van der Waals surface area contributed by atoms with E-state index in [0.717, 1.165) is 25.7 Å². The Morgan fingerprint density at radius 3 is 1.83 bits per heavy atom. The van der Waals surface area contributed by atoms with Crippen LogP contribution in [0.5, 0.6) is 0 Å². The first-order valence-electron chi connectivity index (χ1n) is 6.83. The molecule has 2 nitrogen and oxygen atoms in total. The van der Waals surface area contributed by atoms with Gasteiger partial charge in [-0.3, -0.25) is 0 Å². The first-order valence-corrected chi connectivity index (χ1v) is 6.83. The van der Waals surface area contributed by atoms with E-state index in [0.29, 0.717) is 17.8 Å². The van der Waals surface area contributed by atoms with Gasteiger partial charge in [-0.25, -0.2) is 0 Å². The second-order valence-corrected chi connectivity index (χ2v) is 6.60. The summed E-state index contributed by atoms with van der Waals surface area (Å²) >= 11 is 0. The third-order valence-corrected chi connectivity index (χ3v) is 4.51. The molecule has 1 aliphatic carbocycles. The molecule has 0 aromatic carbocycles. The summed E-state index contributed by atoms with van der Waals surface area (Å²) in [6.07, 6.45) is 6.47. The molecule has 0 saturated heterocycles. The van der Waals surface area contributed by atoms with Crippen LogP contribution in [0.4, 0.5) is 0 Å².